The van der Waals surface area contributed by atoms with Crippen molar-refractivity contribution >= 4 is 11.6 Å². The molecule has 1 N–H and O–H groups in total. The summed E-state index contributed by atoms with van der Waals surface area (Å²) in [6, 6.07) is 19.7. The second-order valence-corrected chi connectivity index (χ2v) is 6.25. The molecule has 2 aromatic carbocycles. The van der Waals surface area contributed by atoms with E-state index in [1.807, 2.05) is 30.3 Å². The lowest BCUT2D eigenvalue weighted by Crippen LogP contribution is -2.11. The molecule has 7 heteroatoms. The first-order valence-electron chi connectivity index (χ1n) is 9.18. The molecule has 0 spiro atoms. The Morgan fingerprint density at radius 3 is 2.57 bits per heavy atom. The summed E-state index contributed by atoms with van der Waals surface area (Å²) >= 11 is 0. The molecule has 0 atom stereocenters. The minimum Gasteiger partial charge on any atom is -0.493 e. The maximum Gasteiger partial charge on any atom is 0.322 e. The van der Waals surface area contributed by atoms with Crippen molar-refractivity contribution in [2.24, 2.45) is 0 Å². The van der Waals surface area contributed by atoms with Crippen LogP contribution in [0, 0.1) is 0 Å². The number of rotatable bonds is 6. The SMILES string of the molecule is COc1ccc(NC(=O)c2ccccc2)cc1Oc1nccc(-c2cccnc2)n1. The van der Waals surface area contributed by atoms with Gasteiger partial charge in [-0.05, 0) is 42.5 Å². The second-order valence-electron chi connectivity index (χ2n) is 6.25. The average Bonchev–Trinajstić information content (AvgIpc) is 2.81. The Bertz CT molecular complexity index is 1150. The summed E-state index contributed by atoms with van der Waals surface area (Å²) in [7, 11) is 1.54. The van der Waals surface area contributed by atoms with Gasteiger partial charge in [-0.3, -0.25) is 9.78 Å². The van der Waals surface area contributed by atoms with Gasteiger partial charge in [0.2, 0.25) is 0 Å². The van der Waals surface area contributed by atoms with Gasteiger partial charge in [0.25, 0.3) is 5.91 Å². The number of hydrogen-bond donors (Lipinski definition) is 1. The lowest BCUT2D eigenvalue weighted by Gasteiger charge is -2.12. The number of hydrogen-bond acceptors (Lipinski definition) is 6. The number of anilines is 1. The normalized spacial score (nSPS) is 10.3. The lowest BCUT2D eigenvalue weighted by molar-refractivity contribution is 0.102. The molecule has 2 heterocycles. The fourth-order valence-electron chi connectivity index (χ4n) is 2.79. The van der Waals surface area contributed by atoms with Gasteiger partial charge in [0.15, 0.2) is 11.5 Å². The summed E-state index contributed by atoms with van der Waals surface area (Å²) in [5, 5.41) is 2.85. The van der Waals surface area contributed by atoms with Crippen LogP contribution in [0.15, 0.2) is 85.3 Å². The number of nitrogens with zero attached hydrogens (tertiary/aromatic N) is 3. The van der Waals surface area contributed by atoms with Crippen LogP contribution in [0.3, 0.4) is 0 Å². The minimum absolute atomic E-state index is 0.154. The van der Waals surface area contributed by atoms with Gasteiger partial charge in [0.05, 0.1) is 12.8 Å². The third-order valence-corrected chi connectivity index (χ3v) is 4.25. The highest BCUT2D eigenvalue weighted by atomic mass is 16.5. The molecular weight excluding hydrogens is 380 g/mol. The van der Waals surface area contributed by atoms with E-state index in [9.17, 15) is 4.79 Å². The van der Waals surface area contributed by atoms with Gasteiger partial charge in [0, 0.05) is 41.5 Å². The Labute approximate surface area is 173 Å². The molecule has 0 bridgehead atoms. The highest BCUT2D eigenvalue weighted by molar-refractivity contribution is 6.04. The smallest absolute Gasteiger partial charge is 0.322 e. The van der Waals surface area contributed by atoms with E-state index in [1.165, 1.54) is 7.11 Å². The van der Waals surface area contributed by atoms with Crippen molar-refractivity contribution in [3.05, 3.63) is 90.9 Å². The molecule has 30 heavy (non-hydrogen) atoms. The van der Waals surface area contributed by atoms with Crippen molar-refractivity contribution in [1.82, 2.24) is 15.0 Å². The molecule has 1 amide bonds. The van der Waals surface area contributed by atoms with Gasteiger partial charge in [-0.25, -0.2) is 4.98 Å². The topological polar surface area (TPSA) is 86.2 Å². The zero-order chi connectivity index (χ0) is 20.8. The zero-order valence-corrected chi connectivity index (χ0v) is 16.1. The number of carbonyl (C=O) groups excluding carboxylic acids is 1. The van der Waals surface area contributed by atoms with Crippen LogP contribution in [0.4, 0.5) is 5.69 Å². The van der Waals surface area contributed by atoms with Crippen molar-refractivity contribution in [2.75, 3.05) is 12.4 Å². The Kier molecular flexibility index (Phi) is 5.61. The number of methoxy groups -OCH3 is 1. The molecule has 2 aromatic heterocycles. The van der Waals surface area contributed by atoms with Crippen LogP contribution >= 0.6 is 0 Å². The Morgan fingerprint density at radius 1 is 0.933 bits per heavy atom. The van der Waals surface area contributed by atoms with Gasteiger partial charge in [-0.1, -0.05) is 18.2 Å². The predicted molar refractivity (Wildman–Crippen MR) is 113 cm³/mol. The van der Waals surface area contributed by atoms with Gasteiger partial charge >= 0.3 is 6.01 Å². The number of aromatic nitrogens is 3. The fourth-order valence-corrected chi connectivity index (χ4v) is 2.79. The standard InChI is InChI=1S/C23H18N4O3/c1-29-20-10-9-18(26-22(28)16-6-3-2-4-7-16)14-21(20)30-23-25-13-11-19(27-23)17-8-5-12-24-15-17/h2-15H,1H3,(H,26,28). The van der Waals surface area contributed by atoms with Gasteiger partial charge in [-0.2, -0.15) is 4.98 Å². The molecule has 0 saturated heterocycles. The maximum atomic E-state index is 12.4. The number of benzene rings is 2. The van der Waals surface area contributed by atoms with E-state index in [1.54, 1.807) is 55.0 Å². The van der Waals surface area contributed by atoms with Crippen molar-refractivity contribution in [2.45, 2.75) is 0 Å². The Balaban J connectivity index is 1.58. The number of ether oxygens (including phenoxy) is 2. The van der Waals surface area contributed by atoms with Crippen molar-refractivity contribution in [3.8, 4) is 28.8 Å². The first kappa shape index (κ1) is 19.1. The number of amides is 1. The summed E-state index contributed by atoms with van der Waals surface area (Å²) in [5.74, 6) is 0.649. The van der Waals surface area contributed by atoms with Crippen LogP contribution in [0.5, 0.6) is 17.5 Å². The molecule has 0 fully saturated rings. The average molecular weight is 398 g/mol. The molecule has 0 unspecified atom stereocenters. The monoisotopic (exact) mass is 398 g/mol. The predicted octanol–water partition coefficient (Wildman–Crippen LogP) is 4.59. The lowest BCUT2D eigenvalue weighted by atomic mass is 10.2. The van der Waals surface area contributed by atoms with E-state index in [4.69, 9.17) is 9.47 Å². The maximum absolute atomic E-state index is 12.4. The summed E-state index contributed by atoms with van der Waals surface area (Å²) in [4.78, 5) is 25.1. The molecule has 0 aliphatic rings. The van der Waals surface area contributed by atoms with E-state index in [2.05, 4.69) is 20.3 Å². The molecule has 0 aliphatic heterocycles. The Morgan fingerprint density at radius 2 is 1.80 bits per heavy atom. The molecule has 0 saturated carbocycles. The van der Waals surface area contributed by atoms with Crippen LogP contribution in [0.25, 0.3) is 11.3 Å². The molecule has 4 rings (SSSR count). The van der Waals surface area contributed by atoms with Gasteiger partial charge < -0.3 is 14.8 Å². The van der Waals surface area contributed by atoms with E-state index in [0.717, 1.165) is 5.56 Å². The van der Waals surface area contributed by atoms with E-state index >= 15 is 0 Å². The molecule has 0 aliphatic carbocycles. The summed E-state index contributed by atoms with van der Waals surface area (Å²) in [6.45, 7) is 0. The fraction of sp³-hybridized carbons (Fsp3) is 0.0435. The van der Waals surface area contributed by atoms with Crippen molar-refractivity contribution in [1.29, 1.82) is 0 Å². The molecular formula is C23H18N4O3. The molecule has 148 valence electrons. The number of carbonyl (C=O) groups is 1. The zero-order valence-electron chi connectivity index (χ0n) is 16.1. The number of pyridine rings is 1. The quantitative estimate of drug-likeness (QED) is 0.511. The third-order valence-electron chi connectivity index (χ3n) is 4.25. The first-order valence-corrected chi connectivity index (χ1v) is 9.18. The summed E-state index contributed by atoms with van der Waals surface area (Å²) in [6.07, 6.45) is 5.02. The first-order chi connectivity index (χ1) is 14.7. The molecule has 7 nitrogen and oxygen atoms in total. The molecule has 0 radical (unpaired) electrons. The van der Waals surface area contributed by atoms with Crippen molar-refractivity contribution in [3.63, 3.8) is 0 Å². The highest BCUT2D eigenvalue weighted by Gasteiger charge is 2.12. The Hall–Kier alpha value is -4.26. The highest BCUT2D eigenvalue weighted by Crippen LogP contribution is 2.33. The number of nitrogens with one attached hydrogen (secondary N) is 1. The van der Waals surface area contributed by atoms with Crippen molar-refractivity contribution < 1.29 is 14.3 Å². The van der Waals surface area contributed by atoms with E-state index < -0.39 is 0 Å². The summed E-state index contributed by atoms with van der Waals surface area (Å²) < 4.78 is 11.2. The third kappa shape index (κ3) is 4.41. The second kappa shape index (κ2) is 8.83. The van der Waals surface area contributed by atoms with E-state index in [0.29, 0.717) is 28.4 Å². The van der Waals surface area contributed by atoms with Crippen LogP contribution in [0.1, 0.15) is 10.4 Å². The minimum atomic E-state index is -0.221. The van der Waals surface area contributed by atoms with Crippen LogP contribution in [0.2, 0.25) is 0 Å². The molecule has 4 aromatic rings. The van der Waals surface area contributed by atoms with E-state index in [-0.39, 0.29) is 11.9 Å². The summed E-state index contributed by atoms with van der Waals surface area (Å²) in [5.41, 5.74) is 2.65. The largest absolute Gasteiger partial charge is 0.493 e. The van der Waals surface area contributed by atoms with Crippen LogP contribution in [-0.2, 0) is 0 Å². The van der Waals surface area contributed by atoms with Crippen LogP contribution < -0.4 is 14.8 Å². The van der Waals surface area contributed by atoms with Crippen LogP contribution in [-0.4, -0.2) is 28.0 Å². The van der Waals surface area contributed by atoms with Gasteiger partial charge in [0.1, 0.15) is 0 Å². The van der Waals surface area contributed by atoms with Gasteiger partial charge in [-0.15, -0.1) is 0 Å².